The van der Waals surface area contributed by atoms with E-state index in [0.29, 0.717) is 16.9 Å². The van der Waals surface area contributed by atoms with Crippen molar-refractivity contribution in [1.82, 2.24) is 0 Å². The van der Waals surface area contributed by atoms with E-state index in [1.807, 2.05) is 6.07 Å². The highest BCUT2D eigenvalue weighted by Gasteiger charge is 2.11. The zero-order valence-electron chi connectivity index (χ0n) is 11.2. The quantitative estimate of drug-likeness (QED) is 0.636. The Bertz CT molecular complexity index is 738. The predicted molar refractivity (Wildman–Crippen MR) is 73.3 cm³/mol. The van der Waals surface area contributed by atoms with Crippen LogP contribution in [-0.2, 0) is 6.61 Å². The minimum Gasteiger partial charge on any atom is -0.489 e. The molecule has 6 heteroatoms. The molecule has 0 aliphatic rings. The Hall–Kier alpha value is -2.94. The molecule has 2 aromatic carbocycles. The molecule has 0 aliphatic heterocycles. The third kappa shape index (κ3) is 3.34. The number of hydrogen-bond acceptors (Lipinski definition) is 4. The highest BCUT2D eigenvalue weighted by Crippen LogP contribution is 2.24. The van der Waals surface area contributed by atoms with Gasteiger partial charge in [-0.1, -0.05) is 6.07 Å². The number of hydrogen-bond donors (Lipinski definition) is 0. The lowest BCUT2D eigenvalue weighted by Gasteiger charge is -2.08. The molecule has 0 atom stereocenters. The van der Waals surface area contributed by atoms with E-state index in [1.54, 1.807) is 6.92 Å². The van der Waals surface area contributed by atoms with E-state index in [0.717, 1.165) is 6.07 Å². The summed E-state index contributed by atoms with van der Waals surface area (Å²) >= 11 is 0. The van der Waals surface area contributed by atoms with E-state index >= 15 is 0 Å². The number of benzene rings is 2. The SMILES string of the molecule is Cc1cc(OCc2ccc(C#N)cc2F)ccc1[N+](=O)[O-]. The average molecular weight is 286 g/mol. The monoisotopic (exact) mass is 286 g/mol. The molecule has 0 amide bonds. The first-order valence-corrected chi connectivity index (χ1v) is 6.07. The molecule has 0 bridgehead atoms. The molecular formula is C15H11FN2O3. The Morgan fingerprint density at radius 3 is 2.67 bits per heavy atom. The molecule has 0 aromatic heterocycles. The molecule has 106 valence electrons. The second kappa shape index (κ2) is 6.01. The zero-order valence-corrected chi connectivity index (χ0v) is 11.2. The summed E-state index contributed by atoms with van der Waals surface area (Å²) in [5.41, 5.74) is 1.03. The van der Waals surface area contributed by atoms with Crippen LogP contribution < -0.4 is 4.74 Å². The van der Waals surface area contributed by atoms with Crippen molar-refractivity contribution in [2.75, 3.05) is 0 Å². The van der Waals surface area contributed by atoms with Gasteiger partial charge < -0.3 is 4.74 Å². The largest absolute Gasteiger partial charge is 0.489 e. The van der Waals surface area contributed by atoms with E-state index in [-0.39, 0.29) is 17.9 Å². The van der Waals surface area contributed by atoms with Crippen molar-refractivity contribution >= 4 is 5.69 Å². The molecule has 5 nitrogen and oxygen atoms in total. The molecule has 0 aliphatic carbocycles. The van der Waals surface area contributed by atoms with Crippen LogP contribution in [-0.4, -0.2) is 4.92 Å². The number of halogens is 1. The maximum atomic E-state index is 13.7. The van der Waals surface area contributed by atoms with Gasteiger partial charge in [0, 0.05) is 17.2 Å². The smallest absolute Gasteiger partial charge is 0.272 e. The van der Waals surface area contributed by atoms with Crippen molar-refractivity contribution in [2.24, 2.45) is 0 Å². The first kappa shape index (κ1) is 14.5. The van der Waals surface area contributed by atoms with E-state index in [4.69, 9.17) is 10.00 Å². The number of nitrogens with zero attached hydrogens (tertiary/aromatic N) is 2. The maximum Gasteiger partial charge on any atom is 0.272 e. The molecule has 2 rings (SSSR count). The number of ether oxygens (including phenoxy) is 1. The van der Waals surface area contributed by atoms with Crippen LogP contribution in [0.4, 0.5) is 10.1 Å². The Balaban J connectivity index is 2.12. The van der Waals surface area contributed by atoms with Crippen LogP contribution in [0, 0.1) is 34.2 Å². The fraction of sp³-hybridized carbons (Fsp3) is 0.133. The number of aryl methyl sites for hydroxylation is 1. The van der Waals surface area contributed by atoms with Gasteiger partial charge in [-0.2, -0.15) is 5.26 Å². The first-order valence-electron chi connectivity index (χ1n) is 6.07. The van der Waals surface area contributed by atoms with Gasteiger partial charge >= 0.3 is 0 Å². The second-order valence-corrected chi connectivity index (χ2v) is 4.41. The molecule has 2 aromatic rings. The number of nitro groups is 1. The molecule has 0 radical (unpaired) electrons. The third-order valence-electron chi connectivity index (χ3n) is 2.94. The van der Waals surface area contributed by atoms with Crippen LogP contribution in [0.2, 0.25) is 0 Å². The lowest BCUT2D eigenvalue weighted by atomic mass is 10.1. The van der Waals surface area contributed by atoms with Crippen molar-refractivity contribution in [3.05, 3.63) is 69.0 Å². The van der Waals surface area contributed by atoms with E-state index < -0.39 is 10.7 Å². The van der Waals surface area contributed by atoms with Gasteiger partial charge in [0.15, 0.2) is 0 Å². The molecule has 21 heavy (non-hydrogen) atoms. The Morgan fingerprint density at radius 2 is 2.10 bits per heavy atom. The lowest BCUT2D eigenvalue weighted by molar-refractivity contribution is -0.385. The first-order chi connectivity index (χ1) is 10.0. The lowest BCUT2D eigenvalue weighted by Crippen LogP contribution is -2.00. The summed E-state index contributed by atoms with van der Waals surface area (Å²) in [6.45, 7) is 1.59. The number of nitriles is 1. The summed E-state index contributed by atoms with van der Waals surface area (Å²) in [5.74, 6) is -0.102. The van der Waals surface area contributed by atoms with Gasteiger partial charge in [-0.3, -0.25) is 10.1 Å². The minimum absolute atomic E-state index is 0.00639. The van der Waals surface area contributed by atoms with Crippen molar-refractivity contribution in [3.8, 4) is 11.8 Å². The van der Waals surface area contributed by atoms with Crippen LogP contribution in [0.25, 0.3) is 0 Å². The number of rotatable bonds is 4. The predicted octanol–water partition coefficient (Wildman–Crippen LogP) is 3.49. The van der Waals surface area contributed by atoms with Gasteiger partial charge in [0.2, 0.25) is 0 Å². The van der Waals surface area contributed by atoms with E-state index in [2.05, 4.69) is 0 Å². The fourth-order valence-electron chi connectivity index (χ4n) is 1.82. The van der Waals surface area contributed by atoms with Crippen molar-refractivity contribution in [2.45, 2.75) is 13.5 Å². The van der Waals surface area contributed by atoms with Crippen LogP contribution in [0.5, 0.6) is 5.75 Å². The van der Waals surface area contributed by atoms with Crippen molar-refractivity contribution in [1.29, 1.82) is 5.26 Å². The molecule has 0 spiro atoms. The highest BCUT2D eigenvalue weighted by atomic mass is 19.1. The molecule has 0 fully saturated rings. The number of nitro benzene ring substituents is 1. The van der Waals surface area contributed by atoms with Crippen LogP contribution in [0.1, 0.15) is 16.7 Å². The van der Waals surface area contributed by atoms with Gasteiger partial charge in [0.25, 0.3) is 5.69 Å². The highest BCUT2D eigenvalue weighted by molar-refractivity contribution is 5.44. The van der Waals surface area contributed by atoms with Crippen LogP contribution in [0.15, 0.2) is 36.4 Å². The van der Waals surface area contributed by atoms with Gasteiger partial charge in [-0.05, 0) is 31.2 Å². The molecular weight excluding hydrogens is 275 g/mol. The summed E-state index contributed by atoms with van der Waals surface area (Å²) in [6, 6.07) is 10.3. The van der Waals surface area contributed by atoms with Crippen LogP contribution in [0.3, 0.4) is 0 Å². The average Bonchev–Trinajstić information content (AvgIpc) is 2.45. The van der Waals surface area contributed by atoms with Crippen molar-refractivity contribution < 1.29 is 14.1 Å². The van der Waals surface area contributed by atoms with E-state index in [1.165, 1.54) is 30.3 Å². The normalized spacial score (nSPS) is 9.95. The fourth-order valence-corrected chi connectivity index (χ4v) is 1.82. The summed E-state index contributed by atoms with van der Waals surface area (Å²) in [5, 5.41) is 19.4. The van der Waals surface area contributed by atoms with E-state index in [9.17, 15) is 14.5 Å². The topological polar surface area (TPSA) is 76.2 Å². The minimum atomic E-state index is -0.521. The Morgan fingerprint density at radius 1 is 1.33 bits per heavy atom. The molecule has 0 unspecified atom stereocenters. The Kier molecular flexibility index (Phi) is 4.14. The standard InChI is InChI=1S/C15H11FN2O3/c1-10-6-13(4-5-15(10)18(19)20)21-9-12-3-2-11(8-17)7-14(12)16/h2-7H,9H2,1H3. The molecule has 0 heterocycles. The second-order valence-electron chi connectivity index (χ2n) is 4.41. The zero-order chi connectivity index (χ0) is 15.4. The van der Waals surface area contributed by atoms with Gasteiger partial charge in [-0.25, -0.2) is 4.39 Å². The third-order valence-corrected chi connectivity index (χ3v) is 2.94. The molecule has 0 N–H and O–H groups in total. The van der Waals surface area contributed by atoms with Crippen LogP contribution >= 0.6 is 0 Å². The van der Waals surface area contributed by atoms with Crippen molar-refractivity contribution in [3.63, 3.8) is 0 Å². The van der Waals surface area contributed by atoms with Gasteiger partial charge in [-0.15, -0.1) is 0 Å². The maximum absolute atomic E-state index is 13.7. The summed E-state index contributed by atoms with van der Waals surface area (Å²) in [6.07, 6.45) is 0. The summed E-state index contributed by atoms with van der Waals surface area (Å²) in [4.78, 5) is 10.2. The molecule has 0 saturated heterocycles. The summed E-state index contributed by atoms with van der Waals surface area (Å²) in [7, 11) is 0. The van der Waals surface area contributed by atoms with Gasteiger partial charge in [0.05, 0.1) is 16.6 Å². The molecule has 0 saturated carbocycles. The Labute approximate surface area is 120 Å². The summed E-state index contributed by atoms with van der Waals surface area (Å²) < 4.78 is 19.1. The van der Waals surface area contributed by atoms with Gasteiger partial charge in [0.1, 0.15) is 18.2 Å².